The highest BCUT2D eigenvalue weighted by atomic mass is 35.5. The van der Waals surface area contributed by atoms with Gasteiger partial charge in [-0.3, -0.25) is 0 Å². The van der Waals surface area contributed by atoms with Crippen molar-refractivity contribution in [2.75, 3.05) is 36.9 Å². The standard InChI is InChI=1S/C19H21ClN6O2/c1-11-17(20)18(24-19(21)23-11)25-6-15-16(7-25)28-9-12(8-27-15)26-10-22-13-4-2-3-5-14(13)26/h2-5,10,12,15-16H,6-9H2,1H3,(H2,21,23,24)/t15-,16-/m0/s1. The molecule has 0 aliphatic carbocycles. The molecule has 4 heterocycles. The number of nitrogen functional groups attached to an aromatic ring is 1. The largest absolute Gasteiger partial charge is 0.371 e. The number of ether oxygens (including phenoxy) is 2. The van der Waals surface area contributed by atoms with Gasteiger partial charge >= 0.3 is 0 Å². The minimum Gasteiger partial charge on any atom is -0.371 e. The lowest BCUT2D eigenvalue weighted by Gasteiger charge is -2.21. The average Bonchev–Trinajstić information content (AvgIpc) is 3.25. The molecule has 0 spiro atoms. The van der Waals surface area contributed by atoms with Crippen LogP contribution in [-0.4, -0.2) is 58.0 Å². The Labute approximate surface area is 167 Å². The molecule has 2 atom stereocenters. The number of aryl methyl sites for hydroxylation is 1. The molecule has 0 radical (unpaired) electrons. The van der Waals surface area contributed by atoms with Crippen LogP contribution in [0.4, 0.5) is 11.8 Å². The van der Waals surface area contributed by atoms with Crippen molar-refractivity contribution in [1.29, 1.82) is 0 Å². The SMILES string of the molecule is Cc1nc(N)nc(N2C[C@@H]3OCC(n4cnc5ccccc54)CO[C@H]3C2)c1Cl. The number of rotatable bonds is 2. The lowest BCUT2D eigenvalue weighted by molar-refractivity contribution is -0.00461. The van der Waals surface area contributed by atoms with Gasteiger partial charge in [0.15, 0.2) is 5.82 Å². The van der Waals surface area contributed by atoms with Gasteiger partial charge in [-0.2, -0.15) is 4.98 Å². The van der Waals surface area contributed by atoms with Gasteiger partial charge in [0, 0.05) is 13.1 Å². The Morgan fingerprint density at radius 2 is 1.82 bits per heavy atom. The van der Waals surface area contributed by atoms with E-state index in [4.69, 9.17) is 26.8 Å². The molecule has 8 nitrogen and oxygen atoms in total. The van der Waals surface area contributed by atoms with Gasteiger partial charge in [0.25, 0.3) is 0 Å². The summed E-state index contributed by atoms with van der Waals surface area (Å²) >= 11 is 6.41. The number of hydrogen-bond donors (Lipinski definition) is 1. The molecule has 3 aromatic rings. The second-order valence-corrected chi connectivity index (χ2v) is 7.63. The van der Waals surface area contributed by atoms with Crippen LogP contribution in [0.25, 0.3) is 11.0 Å². The fraction of sp³-hybridized carbons (Fsp3) is 0.421. The van der Waals surface area contributed by atoms with E-state index in [-0.39, 0.29) is 24.2 Å². The number of hydrogen-bond acceptors (Lipinski definition) is 7. The van der Waals surface area contributed by atoms with Gasteiger partial charge in [0.1, 0.15) is 17.2 Å². The summed E-state index contributed by atoms with van der Waals surface area (Å²) in [6.07, 6.45) is 1.77. The van der Waals surface area contributed by atoms with Crippen molar-refractivity contribution in [3.63, 3.8) is 0 Å². The second-order valence-electron chi connectivity index (χ2n) is 7.25. The van der Waals surface area contributed by atoms with Crippen molar-refractivity contribution < 1.29 is 9.47 Å². The van der Waals surface area contributed by atoms with Crippen LogP contribution in [0.2, 0.25) is 5.02 Å². The van der Waals surface area contributed by atoms with Gasteiger partial charge in [-0.25, -0.2) is 9.97 Å². The van der Waals surface area contributed by atoms with Gasteiger partial charge in [-0.1, -0.05) is 23.7 Å². The third kappa shape index (κ3) is 2.97. The lowest BCUT2D eigenvalue weighted by Crippen LogP contribution is -2.27. The summed E-state index contributed by atoms with van der Waals surface area (Å²) in [7, 11) is 0. The number of nitrogens with two attached hydrogens (primary N) is 1. The van der Waals surface area contributed by atoms with Crippen molar-refractivity contribution in [3.05, 3.63) is 41.3 Å². The number of nitrogens with zero attached hydrogens (tertiary/aromatic N) is 5. The molecule has 146 valence electrons. The van der Waals surface area contributed by atoms with E-state index in [9.17, 15) is 0 Å². The third-order valence-corrected chi connectivity index (χ3v) is 5.85. The van der Waals surface area contributed by atoms with Gasteiger partial charge in [-0.05, 0) is 19.1 Å². The fourth-order valence-corrected chi connectivity index (χ4v) is 4.16. The number of fused-ring (bicyclic) bond motifs is 2. The van der Waals surface area contributed by atoms with Gasteiger partial charge < -0.3 is 24.7 Å². The quantitative estimate of drug-likeness (QED) is 0.705. The van der Waals surface area contributed by atoms with E-state index in [0.717, 1.165) is 11.0 Å². The molecule has 0 unspecified atom stereocenters. The first-order valence-corrected chi connectivity index (χ1v) is 9.67. The van der Waals surface area contributed by atoms with Crippen molar-refractivity contribution in [3.8, 4) is 0 Å². The lowest BCUT2D eigenvalue weighted by atomic mass is 10.2. The van der Waals surface area contributed by atoms with Crippen LogP contribution in [0.1, 0.15) is 11.7 Å². The predicted molar refractivity (Wildman–Crippen MR) is 107 cm³/mol. The first-order valence-electron chi connectivity index (χ1n) is 9.29. The van der Waals surface area contributed by atoms with Crippen LogP contribution >= 0.6 is 11.6 Å². The topological polar surface area (TPSA) is 91.3 Å². The molecule has 0 amide bonds. The van der Waals surface area contributed by atoms with E-state index < -0.39 is 0 Å². The molecule has 5 rings (SSSR count). The Bertz CT molecular complexity index is 1010. The van der Waals surface area contributed by atoms with E-state index in [2.05, 4.69) is 30.5 Å². The normalized spacial score (nSPS) is 23.1. The highest BCUT2D eigenvalue weighted by Gasteiger charge is 2.39. The maximum atomic E-state index is 6.41. The van der Waals surface area contributed by atoms with Crippen molar-refractivity contribution in [1.82, 2.24) is 19.5 Å². The molecular formula is C19H21ClN6O2. The molecular weight excluding hydrogens is 380 g/mol. The molecule has 2 aliphatic rings. The van der Waals surface area contributed by atoms with Gasteiger partial charge in [-0.15, -0.1) is 0 Å². The van der Waals surface area contributed by atoms with Crippen LogP contribution in [0.15, 0.2) is 30.6 Å². The summed E-state index contributed by atoms with van der Waals surface area (Å²) in [5.74, 6) is 0.863. The van der Waals surface area contributed by atoms with Crippen LogP contribution < -0.4 is 10.6 Å². The zero-order chi connectivity index (χ0) is 19.3. The zero-order valence-corrected chi connectivity index (χ0v) is 16.2. The number of imidazole rings is 1. The summed E-state index contributed by atoms with van der Waals surface area (Å²) < 4.78 is 14.6. The Hall–Kier alpha value is -2.42. The molecule has 1 aromatic carbocycles. The smallest absolute Gasteiger partial charge is 0.222 e. The maximum Gasteiger partial charge on any atom is 0.222 e. The fourth-order valence-electron chi connectivity index (χ4n) is 3.96. The van der Waals surface area contributed by atoms with E-state index in [1.165, 1.54) is 0 Å². The maximum absolute atomic E-state index is 6.41. The van der Waals surface area contributed by atoms with Gasteiger partial charge in [0.05, 0.1) is 42.3 Å². The highest BCUT2D eigenvalue weighted by Crippen LogP contribution is 2.32. The number of anilines is 2. The Kier molecular flexibility index (Phi) is 4.34. The van der Waals surface area contributed by atoms with E-state index >= 15 is 0 Å². The predicted octanol–water partition coefficient (Wildman–Crippen LogP) is 2.22. The molecule has 2 aromatic heterocycles. The Morgan fingerprint density at radius 1 is 1.11 bits per heavy atom. The summed E-state index contributed by atoms with van der Waals surface area (Å²) in [5, 5.41) is 0.522. The molecule has 0 bridgehead atoms. The van der Waals surface area contributed by atoms with Crippen molar-refractivity contribution >= 4 is 34.4 Å². The molecule has 2 aliphatic heterocycles. The van der Waals surface area contributed by atoms with Crippen LogP contribution in [0.5, 0.6) is 0 Å². The molecule has 9 heteroatoms. The van der Waals surface area contributed by atoms with Gasteiger partial charge in [0.2, 0.25) is 5.95 Å². The molecule has 0 saturated carbocycles. The summed E-state index contributed by atoms with van der Waals surface area (Å²) in [6.45, 7) is 4.25. The zero-order valence-electron chi connectivity index (χ0n) is 15.5. The molecule has 2 fully saturated rings. The number of aromatic nitrogens is 4. The summed E-state index contributed by atoms with van der Waals surface area (Å²) in [4.78, 5) is 15.0. The minimum absolute atomic E-state index is 0.0488. The molecule has 2 N–H and O–H groups in total. The van der Waals surface area contributed by atoms with Crippen LogP contribution in [0, 0.1) is 6.92 Å². The molecule has 28 heavy (non-hydrogen) atoms. The van der Waals surface area contributed by atoms with E-state index in [0.29, 0.717) is 42.8 Å². The minimum atomic E-state index is -0.0488. The monoisotopic (exact) mass is 400 g/mol. The van der Waals surface area contributed by atoms with Crippen molar-refractivity contribution in [2.24, 2.45) is 0 Å². The first-order chi connectivity index (χ1) is 13.6. The Balaban J connectivity index is 1.33. The van der Waals surface area contributed by atoms with Crippen molar-refractivity contribution in [2.45, 2.75) is 25.2 Å². The number of halogens is 1. The third-order valence-electron chi connectivity index (χ3n) is 5.41. The second kappa shape index (κ2) is 6.88. The van der Waals surface area contributed by atoms with E-state index in [1.54, 1.807) is 0 Å². The summed E-state index contributed by atoms with van der Waals surface area (Å²) in [5.41, 5.74) is 8.54. The van der Waals surface area contributed by atoms with Crippen LogP contribution in [0.3, 0.4) is 0 Å². The number of para-hydroxylation sites is 2. The van der Waals surface area contributed by atoms with E-state index in [1.807, 2.05) is 31.5 Å². The highest BCUT2D eigenvalue weighted by molar-refractivity contribution is 6.33. The Morgan fingerprint density at radius 3 is 2.57 bits per heavy atom. The molecule has 2 saturated heterocycles. The summed E-state index contributed by atoms with van der Waals surface area (Å²) in [6, 6.07) is 8.18. The van der Waals surface area contributed by atoms with Crippen LogP contribution in [-0.2, 0) is 9.47 Å². The number of benzene rings is 1. The first kappa shape index (κ1) is 17.7. The average molecular weight is 401 g/mol.